The first-order valence-corrected chi connectivity index (χ1v) is 9.71. The molecule has 0 aromatic heterocycles. The third-order valence-corrected chi connectivity index (χ3v) is 6.21. The van der Waals surface area contributed by atoms with Crippen molar-refractivity contribution < 1.29 is 4.74 Å². The molecule has 0 saturated heterocycles. The Kier molecular flexibility index (Phi) is 3.60. The van der Waals surface area contributed by atoms with E-state index in [1.54, 1.807) is 0 Å². The van der Waals surface area contributed by atoms with Gasteiger partial charge >= 0.3 is 0 Å². The summed E-state index contributed by atoms with van der Waals surface area (Å²) in [5.41, 5.74) is 2.54. The molecule has 0 saturated carbocycles. The quantitative estimate of drug-likeness (QED) is 0.554. The highest BCUT2D eigenvalue weighted by molar-refractivity contribution is 6.02. The Morgan fingerprint density at radius 3 is 2.62 bits per heavy atom. The summed E-state index contributed by atoms with van der Waals surface area (Å²) in [5, 5.41) is 11.5. The van der Waals surface area contributed by atoms with E-state index in [0.29, 0.717) is 17.9 Å². The Morgan fingerprint density at radius 2 is 1.86 bits per heavy atom. The van der Waals surface area contributed by atoms with Gasteiger partial charge in [0, 0.05) is 29.1 Å². The Labute approximate surface area is 170 Å². The van der Waals surface area contributed by atoms with Crippen molar-refractivity contribution in [2.24, 2.45) is 4.99 Å². The lowest BCUT2D eigenvalue weighted by atomic mass is 9.77. The normalized spacial score (nSPS) is 20.8. The van der Waals surface area contributed by atoms with Crippen molar-refractivity contribution in [3.8, 4) is 11.8 Å². The van der Waals surface area contributed by atoms with Crippen molar-refractivity contribution in [1.29, 1.82) is 5.26 Å². The third kappa shape index (κ3) is 2.16. The van der Waals surface area contributed by atoms with E-state index in [4.69, 9.17) is 9.73 Å². The molecular weight excluding hydrogens is 358 g/mol. The van der Waals surface area contributed by atoms with Crippen LogP contribution in [0.1, 0.15) is 25.0 Å². The third-order valence-electron chi connectivity index (χ3n) is 6.21. The summed E-state index contributed by atoms with van der Waals surface area (Å²) < 4.78 is 6.77. The van der Waals surface area contributed by atoms with E-state index >= 15 is 0 Å². The maximum atomic E-state index is 9.71. The number of hydrogen-bond acceptors (Lipinski definition) is 4. The lowest BCUT2D eigenvalue weighted by molar-refractivity contribution is 0.0799. The van der Waals surface area contributed by atoms with Crippen LogP contribution in [0.2, 0.25) is 0 Å². The number of para-hydroxylation sites is 1. The lowest BCUT2D eigenvalue weighted by Gasteiger charge is -2.46. The minimum atomic E-state index is -0.799. The zero-order chi connectivity index (χ0) is 20.2. The van der Waals surface area contributed by atoms with Gasteiger partial charge in [-0.3, -0.25) is 4.99 Å². The zero-order valence-electron chi connectivity index (χ0n) is 16.5. The molecule has 2 aliphatic rings. The molecule has 0 bridgehead atoms. The number of benzene rings is 3. The van der Waals surface area contributed by atoms with Gasteiger partial charge in [0.15, 0.2) is 5.75 Å². The Balaban J connectivity index is 1.76. The van der Waals surface area contributed by atoms with Crippen LogP contribution in [0.25, 0.3) is 10.8 Å². The van der Waals surface area contributed by atoms with Crippen LogP contribution in [-0.4, -0.2) is 18.5 Å². The number of anilines is 1. The molecule has 0 N–H and O–H groups in total. The fraction of sp³-hybridized carbons (Fsp3) is 0.200. The predicted molar refractivity (Wildman–Crippen MR) is 117 cm³/mol. The average molecular weight is 379 g/mol. The van der Waals surface area contributed by atoms with Gasteiger partial charge in [0.25, 0.3) is 0 Å². The largest absolute Gasteiger partial charge is 0.459 e. The fourth-order valence-corrected chi connectivity index (χ4v) is 4.71. The summed E-state index contributed by atoms with van der Waals surface area (Å²) in [6.07, 6.45) is 3.81. The molecule has 4 heteroatoms. The van der Waals surface area contributed by atoms with E-state index < -0.39 is 5.72 Å². The SMILES string of the molecule is C=CCN1c2ccccc2C(C)(C)C12C=Nc1c(cc(C#N)c3ccccc13)O2. The summed E-state index contributed by atoms with van der Waals surface area (Å²) in [6, 6.07) is 20.3. The van der Waals surface area contributed by atoms with Gasteiger partial charge in [-0.15, -0.1) is 6.58 Å². The van der Waals surface area contributed by atoms with Crippen LogP contribution in [0.4, 0.5) is 11.4 Å². The van der Waals surface area contributed by atoms with Gasteiger partial charge in [-0.2, -0.15) is 5.26 Å². The van der Waals surface area contributed by atoms with Crippen LogP contribution in [0, 0.1) is 11.3 Å². The Bertz CT molecular complexity index is 1230. The van der Waals surface area contributed by atoms with Gasteiger partial charge in [-0.1, -0.05) is 48.5 Å². The highest BCUT2D eigenvalue weighted by Gasteiger charge is 2.59. The summed E-state index contributed by atoms with van der Waals surface area (Å²) in [6.45, 7) is 8.93. The zero-order valence-corrected chi connectivity index (χ0v) is 16.5. The number of nitriles is 1. The standard InChI is InChI=1S/C25H21N3O/c1-4-13-28-21-12-8-7-11-20(21)24(2,3)25(28)16-27-23-19-10-6-5-9-18(19)17(15-26)14-22(23)29-25/h4-12,14,16H,1,13H2,2-3H3. The van der Waals surface area contributed by atoms with Gasteiger partial charge in [0.1, 0.15) is 5.69 Å². The molecule has 0 amide bonds. The van der Waals surface area contributed by atoms with Gasteiger partial charge < -0.3 is 9.64 Å². The van der Waals surface area contributed by atoms with Crippen molar-refractivity contribution in [3.05, 3.63) is 78.4 Å². The molecule has 2 aliphatic heterocycles. The number of nitrogens with zero attached hydrogens (tertiary/aromatic N) is 3. The minimum absolute atomic E-state index is 0.355. The molecule has 29 heavy (non-hydrogen) atoms. The van der Waals surface area contributed by atoms with Gasteiger partial charge in [-0.05, 0) is 25.5 Å². The molecule has 1 atom stereocenters. The first-order valence-electron chi connectivity index (χ1n) is 9.71. The number of aliphatic imine (C=N–C) groups is 1. The van der Waals surface area contributed by atoms with Gasteiger partial charge in [-0.25, -0.2) is 0 Å². The molecule has 1 spiro atoms. The van der Waals surface area contributed by atoms with Crippen molar-refractivity contribution in [2.75, 3.05) is 11.4 Å². The molecule has 2 heterocycles. The monoisotopic (exact) mass is 379 g/mol. The summed E-state index contributed by atoms with van der Waals surface area (Å²) >= 11 is 0. The number of ether oxygens (including phenoxy) is 1. The fourth-order valence-electron chi connectivity index (χ4n) is 4.71. The molecule has 142 valence electrons. The van der Waals surface area contributed by atoms with Crippen LogP contribution >= 0.6 is 0 Å². The lowest BCUT2D eigenvalue weighted by Crippen LogP contribution is -2.62. The van der Waals surface area contributed by atoms with Gasteiger partial charge in [0.05, 0.1) is 23.3 Å². The van der Waals surface area contributed by atoms with Crippen LogP contribution in [0.3, 0.4) is 0 Å². The van der Waals surface area contributed by atoms with Crippen molar-refractivity contribution >= 4 is 28.4 Å². The van der Waals surface area contributed by atoms with E-state index in [1.807, 2.05) is 48.7 Å². The summed E-state index contributed by atoms with van der Waals surface area (Å²) in [7, 11) is 0. The van der Waals surface area contributed by atoms with Crippen LogP contribution < -0.4 is 9.64 Å². The number of fused-ring (bicyclic) bond motifs is 4. The Morgan fingerprint density at radius 1 is 1.14 bits per heavy atom. The average Bonchev–Trinajstić information content (AvgIpc) is 2.92. The second-order valence-electron chi connectivity index (χ2n) is 8.03. The second-order valence-corrected chi connectivity index (χ2v) is 8.03. The molecule has 0 fully saturated rings. The smallest absolute Gasteiger partial charge is 0.229 e. The molecule has 3 aromatic carbocycles. The van der Waals surface area contributed by atoms with E-state index in [9.17, 15) is 5.26 Å². The first kappa shape index (κ1) is 17.5. The summed E-state index contributed by atoms with van der Waals surface area (Å²) in [5.74, 6) is 0.637. The maximum Gasteiger partial charge on any atom is 0.229 e. The van der Waals surface area contributed by atoms with Crippen molar-refractivity contribution in [3.63, 3.8) is 0 Å². The van der Waals surface area contributed by atoms with E-state index in [-0.39, 0.29) is 5.41 Å². The van der Waals surface area contributed by atoms with E-state index in [2.05, 4.69) is 49.6 Å². The first-order chi connectivity index (χ1) is 14.0. The minimum Gasteiger partial charge on any atom is -0.459 e. The highest BCUT2D eigenvalue weighted by Crippen LogP contribution is 2.54. The maximum absolute atomic E-state index is 9.71. The molecule has 3 aromatic rings. The van der Waals surface area contributed by atoms with Crippen LogP contribution in [0.15, 0.2) is 72.2 Å². The van der Waals surface area contributed by atoms with Crippen molar-refractivity contribution in [2.45, 2.75) is 25.0 Å². The second kappa shape index (κ2) is 5.96. The van der Waals surface area contributed by atoms with Crippen LogP contribution in [-0.2, 0) is 5.41 Å². The van der Waals surface area contributed by atoms with Crippen LogP contribution in [0.5, 0.6) is 5.75 Å². The molecule has 0 radical (unpaired) electrons. The molecule has 0 aliphatic carbocycles. The topological polar surface area (TPSA) is 48.6 Å². The molecule has 4 nitrogen and oxygen atoms in total. The van der Waals surface area contributed by atoms with Gasteiger partial charge in [0.2, 0.25) is 5.72 Å². The predicted octanol–water partition coefficient (Wildman–Crippen LogP) is 5.49. The number of hydrogen-bond donors (Lipinski definition) is 0. The highest BCUT2D eigenvalue weighted by atomic mass is 16.5. The molecular formula is C25H21N3O. The summed E-state index contributed by atoms with van der Waals surface area (Å²) in [4.78, 5) is 7.12. The number of rotatable bonds is 2. The van der Waals surface area contributed by atoms with E-state index in [0.717, 1.165) is 22.1 Å². The Hall–Kier alpha value is -3.58. The van der Waals surface area contributed by atoms with E-state index in [1.165, 1.54) is 5.56 Å². The van der Waals surface area contributed by atoms with Crippen molar-refractivity contribution in [1.82, 2.24) is 0 Å². The molecule has 5 rings (SSSR count). The molecule has 1 unspecified atom stereocenters.